The molecule has 6 nitrogen and oxygen atoms in total. The molecule has 1 amide bonds. The Morgan fingerprint density at radius 3 is 2.32 bits per heavy atom. The van der Waals surface area contributed by atoms with Crippen LogP contribution in [0, 0.1) is 13.8 Å². The standard InChI is InChI=1S/C15H16BrN3O3/c1-8-13(16)10(3)19(18-8)12-6-4-11(5-7-12)14(20)17-9(2)15(21)22/h4-7,9H,1-3H3,(H,17,20)(H,21,22). The number of hydrogen-bond donors (Lipinski definition) is 2. The van der Waals surface area contributed by atoms with Gasteiger partial charge < -0.3 is 10.4 Å². The average Bonchev–Trinajstić information content (AvgIpc) is 2.75. The van der Waals surface area contributed by atoms with Crippen LogP contribution in [0.1, 0.15) is 28.7 Å². The van der Waals surface area contributed by atoms with Crippen molar-refractivity contribution in [3.63, 3.8) is 0 Å². The smallest absolute Gasteiger partial charge is 0.325 e. The highest BCUT2D eigenvalue weighted by Crippen LogP contribution is 2.23. The van der Waals surface area contributed by atoms with Crippen LogP contribution in [0.25, 0.3) is 5.69 Å². The molecule has 7 heteroatoms. The van der Waals surface area contributed by atoms with Gasteiger partial charge in [0.05, 0.1) is 21.5 Å². The Morgan fingerprint density at radius 1 is 1.27 bits per heavy atom. The molecule has 0 saturated carbocycles. The van der Waals surface area contributed by atoms with Crippen molar-refractivity contribution in [2.75, 3.05) is 0 Å². The van der Waals surface area contributed by atoms with Crippen molar-refractivity contribution in [3.8, 4) is 5.69 Å². The summed E-state index contributed by atoms with van der Waals surface area (Å²) in [5.41, 5.74) is 3.08. The monoisotopic (exact) mass is 365 g/mol. The minimum Gasteiger partial charge on any atom is -0.480 e. The third-order valence-corrected chi connectivity index (χ3v) is 4.44. The minimum atomic E-state index is -1.07. The molecule has 0 fully saturated rings. The Kier molecular flexibility index (Phi) is 4.65. The molecular weight excluding hydrogens is 350 g/mol. The van der Waals surface area contributed by atoms with E-state index in [0.717, 1.165) is 21.5 Å². The van der Waals surface area contributed by atoms with Crippen molar-refractivity contribution in [2.24, 2.45) is 0 Å². The lowest BCUT2D eigenvalue weighted by Gasteiger charge is -2.10. The van der Waals surface area contributed by atoms with E-state index in [-0.39, 0.29) is 0 Å². The van der Waals surface area contributed by atoms with Crippen molar-refractivity contribution >= 4 is 27.8 Å². The van der Waals surface area contributed by atoms with Crippen LogP contribution in [0.4, 0.5) is 0 Å². The van der Waals surface area contributed by atoms with Crippen LogP contribution in [-0.2, 0) is 4.79 Å². The predicted octanol–water partition coefficient (Wildman–Crippen LogP) is 2.45. The van der Waals surface area contributed by atoms with Crippen LogP contribution in [0.2, 0.25) is 0 Å². The van der Waals surface area contributed by atoms with Crippen LogP contribution >= 0.6 is 15.9 Å². The summed E-state index contributed by atoms with van der Waals surface area (Å²) >= 11 is 3.47. The topological polar surface area (TPSA) is 84.2 Å². The molecule has 116 valence electrons. The van der Waals surface area contributed by atoms with E-state index in [1.54, 1.807) is 28.9 Å². The van der Waals surface area contributed by atoms with E-state index >= 15 is 0 Å². The number of halogens is 1. The number of aryl methyl sites for hydroxylation is 1. The van der Waals surface area contributed by atoms with Gasteiger partial charge in [-0.2, -0.15) is 5.10 Å². The summed E-state index contributed by atoms with van der Waals surface area (Å²) < 4.78 is 2.73. The number of carbonyl (C=O) groups is 2. The molecule has 1 aromatic heterocycles. The number of aliphatic carboxylic acids is 1. The normalized spacial score (nSPS) is 12.0. The first-order valence-corrected chi connectivity index (χ1v) is 7.46. The van der Waals surface area contributed by atoms with Crippen molar-refractivity contribution in [1.29, 1.82) is 0 Å². The first-order chi connectivity index (χ1) is 10.3. The fourth-order valence-electron chi connectivity index (χ4n) is 1.97. The van der Waals surface area contributed by atoms with Gasteiger partial charge in [0.1, 0.15) is 6.04 Å². The lowest BCUT2D eigenvalue weighted by molar-refractivity contribution is -0.138. The number of amides is 1. The van der Waals surface area contributed by atoms with Crippen LogP contribution in [0.15, 0.2) is 28.7 Å². The highest BCUT2D eigenvalue weighted by atomic mass is 79.9. The first-order valence-electron chi connectivity index (χ1n) is 6.67. The highest BCUT2D eigenvalue weighted by Gasteiger charge is 2.16. The van der Waals surface area contributed by atoms with E-state index in [2.05, 4.69) is 26.3 Å². The number of carboxylic acids is 1. The van der Waals surface area contributed by atoms with E-state index in [1.807, 2.05) is 13.8 Å². The number of nitrogens with one attached hydrogen (secondary N) is 1. The summed E-state index contributed by atoms with van der Waals surface area (Å²) in [5.74, 6) is -1.49. The van der Waals surface area contributed by atoms with Crippen molar-refractivity contribution in [1.82, 2.24) is 15.1 Å². The molecule has 1 unspecified atom stereocenters. The fraction of sp³-hybridized carbons (Fsp3) is 0.267. The Balaban J connectivity index is 2.22. The summed E-state index contributed by atoms with van der Waals surface area (Å²) in [7, 11) is 0. The van der Waals surface area contributed by atoms with E-state index in [9.17, 15) is 9.59 Å². The number of rotatable bonds is 4. The summed E-state index contributed by atoms with van der Waals surface area (Å²) in [6.07, 6.45) is 0. The van der Waals surface area contributed by atoms with Crippen molar-refractivity contribution in [2.45, 2.75) is 26.8 Å². The van der Waals surface area contributed by atoms with Gasteiger partial charge in [0.25, 0.3) is 5.91 Å². The summed E-state index contributed by atoms with van der Waals surface area (Å²) in [6.45, 7) is 5.27. The second kappa shape index (κ2) is 6.31. The first kappa shape index (κ1) is 16.2. The Bertz CT molecular complexity index is 722. The molecule has 1 heterocycles. The predicted molar refractivity (Wildman–Crippen MR) is 85.3 cm³/mol. The highest BCUT2D eigenvalue weighted by molar-refractivity contribution is 9.10. The molecule has 22 heavy (non-hydrogen) atoms. The minimum absolute atomic E-state index is 0.400. The van der Waals surface area contributed by atoms with Crippen LogP contribution in [-0.4, -0.2) is 32.8 Å². The molecule has 0 aliphatic heterocycles. The molecule has 2 rings (SSSR count). The van der Waals surface area contributed by atoms with Crippen LogP contribution < -0.4 is 5.32 Å². The molecule has 2 aromatic rings. The fourth-order valence-corrected chi connectivity index (χ4v) is 2.22. The van der Waals surface area contributed by atoms with Gasteiger partial charge in [-0.05, 0) is 61.0 Å². The Hall–Kier alpha value is -2.15. The van der Waals surface area contributed by atoms with E-state index in [0.29, 0.717) is 5.56 Å². The van der Waals surface area contributed by atoms with Gasteiger partial charge in [0, 0.05) is 5.56 Å². The SMILES string of the molecule is Cc1nn(-c2ccc(C(=O)NC(C)C(=O)O)cc2)c(C)c1Br. The van der Waals surface area contributed by atoms with Gasteiger partial charge in [-0.15, -0.1) is 0 Å². The van der Waals surface area contributed by atoms with Gasteiger partial charge in [-0.3, -0.25) is 9.59 Å². The van der Waals surface area contributed by atoms with Gasteiger partial charge in [-0.25, -0.2) is 4.68 Å². The van der Waals surface area contributed by atoms with Gasteiger partial charge in [0.15, 0.2) is 0 Å². The zero-order valence-electron chi connectivity index (χ0n) is 12.4. The van der Waals surface area contributed by atoms with Crippen LogP contribution in [0.3, 0.4) is 0 Å². The van der Waals surface area contributed by atoms with E-state index in [4.69, 9.17) is 5.11 Å². The molecule has 0 aliphatic rings. The number of hydrogen-bond acceptors (Lipinski definition) is 3. The third-order valence-electron chi connectivity index (χ3n) is 3.30. The molecular formula is C15H16BrN3O3. The van der Waals surface area contributed by atoms with Gasteiger partial charge in [0.2, 0.25) is 0 Å². The maximum atomic E-state index is 11.9. The molecule has 1 atom stereocenters. The number of carboxylic acid groups (broad SMARTS) is 1. The maximum Gasteiger partial charge on any atom is 0.325 e. The molecule has 0 bridgehead atoms. The summed E-state index contributed by atoms with van der Waals surface area (Å²) in [4.78, 5) is 22.7. The third kappa shape index (κ3) is 3.19. The lowest BCUT2D eigenvalue weighted by atomic mass is 10.2. The van der Waals surface area contributed by atoms with Crippen LogP contribution in [0.5, 0.6) is 0 Å². The van der Waals surface area contributed by atoms with E-state index in [1.165, 1.54) is 6.92 Å². The van der Waals surface area contributed by atoms with Gasteiger partial charge >= 0.3 is 5.97 Å². The number of nitrogens with zero attached hydrogens (tertiary/aromatic N) is 2. The molecule has 0 saturated heterocycles. The molecule has 1 aromatic carbocycles. The number of carbonyl (C=O) groups excluding carboxylic acids is 1. The van der Waals surface area contributed by atoms with Crippen molar-refractivity contribution in [3.05, 3.63) is 45.7 Å². The Morgan fingerprint density at radius 2 is 1.86 bits per heavy atom. The zero-order valence-corrected chi connectivity index (χ0v) is 14.0. The van der Waals surface area contributed by atoms with E-state index < -0.39 is 17.9 Å². The Labute approximate surface area is 136 Å². The quantitative estimate of drug-likeness (QED) is 0.871. The summed E-state index contributed by atoms with van der Waals surface area (Å²) in [5, 5.41) is 15.6. The number of benzene rings is 1. The zero-order chi connectivity index (χ0) is 16.4. The summed E-state index contributed by atoms with van der Waals surface area (Å²) in [6, 6.07) is 5.89. The van der Waals surface area contributed by atoms with Gasteiger partial charge in [-0.1, -0.05) is 0 Å². The molecule has 0 aliphatic carbocycles. The lowest BCUT2D eigenvalue weighted by Crippen LogP contribution is -2.38. The molecule has 2 N–H and O–H groups in total. The number of aromatic nitrogens is 2. The average molecular weight is 366 g/mol. The second-order valence-corrected chi connectivity index (χ2v) is 5.77. The largest absolute Gasteiger partial charge is 0.480 e. The van der Waals surface area contributed by atoms with Crippen molar-refractivity contribution < 1.29 is 14.7 Å². The molecule has 0 spiro atoms. The molecule has 0 radical (unpaired) electrons. The maximum absolute atomic E-state index is 11.9. The second-order valence-electron chi connectivity index (χ2n) is 4.98.